The van der Waals surface area contributed by atoms with Gasteiger partial charge in [-0.2, -0.15) is 4.31 Å². The van der Waals surface area contributed by atoms with E-state index >= 15 is 0 Å². The van der Waals surface area contributed by atoms with Crippen molar-refractivity contribution in [2.75, 3.05) is 6.54 Å². The summed E-state index contributed by atoms with van der Waals surface area (Å²) in [5, 5.41) is 11.1. The maximum Gasteiger partial charge on any atom is 0.347 e. The maximum atomic E-state index is 13.4. The summed E-state index contributed by atoms with van der Waals surface area (Å²) in [4.78, 5) is 11.5. The van der Waals surface area contributed by atoms with Gasteiger partial charge in [-0.25, -0.2) is 13.2 Å². The number of aliphatic carboxylic acids is 1. The van der Waals surface area contributed by atoms with E-state index in [0.717, 1.165) is 16.3 Å². The van der Waals surface area contributed by atoms with Gasteiger partial charge in [0, 0.05) is 12.6 Å². The van der Waals surface area contributed by atoms with Crippen LogP contribution in [0.3, 0.4) is 0 Å². The number of nitrogens with zero attached hydrogens (tertiary/aromatic N) is 1. The second-order valence-corrected chi connectivity index (χ2v) is 10.8. The highest BCUT2D eigenvalue weighted by atomic mass is 32.2. The minimum Gasteiger partial charge on any atom is -0.478 e. The van der Waals surface area contributed by atoms with E-state index in [1.54, 1.807) is 28.6 Å². The van der Waals surface area contributed by atoms with E-state index in [0.29, 0.717) is 30.0 Å². The number of carbonyl (C=O) groups is 1. The molecule has 3 aromatic carbocycles. The van der Waals surface area contributed by atoms with Crippen LogP contribution in [-0.4, -0.2) is 42.0 Å². The Hall–Kier alpha value is -2.90. The Balaban J connectivity index is 1.67. The molecule has 0 amide bonds. The lowest BCUT2D eigenvalue weighted by Gasteiger charge is -2.26. The molecule has 7 heteroatoms. The number of hydrogen-bond acceptors (Lipinski definition) is 4. The fourth-order valence-electron chi connectivity index (χ4n) is 3.62. The molecule has 0 radical (unpaired) electrons. The number of rotatable bonds is 10. The smallest absolute Gasteiger partial charge is 0.347 e. The van der Waals surface area contributed by atoms with Gasteiger partial charge in [0.2, 0.25) is 10.0 Å². The lowest BCUT2D eigenvalue weighted by Crippen LogP contribution is -2.38. The summed E-state index contributed by atoms with van der Waals surface area (Å²) in [7, 11) is -3.62. The largest absolute Gasteiger partial charge is 0.478 e. The van der Waals surface area contributed by atoms with E-state index in [2.05, 4.69) is 0 Å². The Kier molecular flexibility index (Phi) is 7.44. The van der Waals surface area contributed by atoms with E-state index in [1.165, 1.54) is 13.8 Å². The van der Waals surface area contributed by atoms with Crippen molar-refractivity contribution in [3.05, 3.63) is 72.3 Å². The second-order valence-electron chi connectivity index (χ2n) is 8.88. The van der Waals surface area contributed by atoms with Gasteiger partial charge in [0.25, 0.3) is 0 Å². The topological polar surface area (TPSA) is 83.9 Å². The third-order valence-electron chi connectivity index (χ3n) is 5.56. The molecule has 1 N–H and O–H groups in total. The molecule has 0 aliphatic heterocycles. The number of benzene rings is 3. The van der Waals surface area contributed by atoms with Crippen molar-refractivity contribution in [2.45, 2.75) is 57.1 Å². The van der Waals surface area contributed by atoms with Gasteiger partial charge in [-0.05, 0) is 81.1 Å². The van der Waals surface area contributed by atoms with Gasteiger partial charge in [0.05, 0.1) is 4.90 Å². The summed E-state index contributed by atoms with van der Waals surface area (Å²) in [5.74, 6) is -0.554. The third-order valence-corrected chi connectivity index (χ3v) is 7.63. The molecule has 0 saturated heterocycles. The first-order valence-corrected chi connectivity index (χ1v) is 12.5. The monoisotopic (exact) mass is 469 g/mol. The minimum absolute atomic E-state index is 0.171. The predicted molar refractivity (Wildman–Crippen MR) is 130 cm³/mol. The average Bonchev–Trinajstić information content (AvgIpc) is 2.76. The van der Waals surface area contributed by atoms with Crippen LogP contribution >= 0.6 is 0 Å². The lowest BCUT2D eigenvalue weighted by atomic mass is 10.1. The van der Waals surface area contributed by atoms with E-state index in [1.807, 2.05) is 56.3 Å². The number of carboxylic acids is 1. The molecule has 0 unspecified atom stereocenters. The molecule has 0 atom stereocenters. The van der Waals surface area contributed by atoms with Crippen LogP contribution in [0.1, 0.15) is 39.7 Å². The first-order valence-electron chi connectivity index (χ1n) is 11.0. The summed E-state index contributed by atoms with van der Waals surface area (Å²) in [6.45, 7) is 7.17. The summed E-state index contributed by atoms with van der Waals surface area (Å²) < 4.78 is 33.8. The quantitative estimate of drug-likeness (QED) is 0.446. The molecule has 33 heavy (non-hydrogen) atoms. The normalized spacial score (nSPS) is 12.4. The van der Waals surface area contributed by atoms with Crippen LogP contribution in [0.2, 0.25) is 0 Å². The van der Waals surface area contributed by atoms with Crippen LogP contribution in [0.5, 0.6) is 5.75 Å². The van der Waals surface area contributed by atoms with Crippen LogP contribution in [-0.2, 0) is 21.2 Å². The lowest BCUT2D eigenvalue weighted by molar-refractivity contribution is -0.152. The Bertz CT molecular complexity index is 1220. The average molecular weight is 470 g/mol. The molecular formula is C26H31NO5S. The zero-order chi connectivity index (χ0) is 24.2. The van der Waals surface area contributed by atoms with Gasteiger partial charge in [0.1, 0.15) is 5.75 Å². The molecular weight excluding hydrogens is 438 g/mol. The Morgan fingerprint density at radius 1 is 1.00 bits per heavy atom. The van der Waals surface area contributed by atoms with E-state index in [-0.39, 0.29) is 6.04 Å². The molecule has 0 fully saturated rings. The van der Waals surface area contributed by atoms with E-state index in [4.69, 9.17) is 4.74 Å². The number of aryl methyl sites for hydroxylation is 1. The number of carboxylic acid groups (broad SMARTS) is 1. The maximum absolute atomic E-state index is 13.4. The molecule has 0 heterocycles. The van der Waals surface area contributed by atoms with Crippen molar-refractivity contribution in [3.63, 3.8) is 0 Å². The van der Waals surface area contributed by atoms with Gasteiger partial charge >= 0.3 is 5.97 Å². The summed E-state index contributed by atoms with van der Waals surface area (Å²) >= 11 is 0. The fourth-order valence-corrected chi connectivity index (χ4v) is 5.33. The number of sulfonamides is 1. The molecule has 0 aromatic heterocycles. The summed E-state index contributed by atoms with van der Waals surface area (Å²) in [5.41, 5.74) is -0.279. The van der Waals surface area contributed by atoms with Gasteiger partial charge in [-0.3, -0.25) is 0 Å². The molecule has 3 rings (SSSR count). The van der Waals surface area contributed by atoms with Crippen molar-refractivity contribution in [1.82, 2.24) is 4.31 Å². The molecule has 6 nitrogen and oxygen atoms in total. The standard InChI is InChI=1S/C26H31NO5S/c1-19(2)27(33(30,31)24-16-13-21-9-5-6-10-22(21)18-24)17-7-8-20-11-14-23(15-12-20)32-26(3,4)25(28)29/h5-6,9-16,18-19H,7-8,17H2,1-4H3,(H,28,29). The molecule has 176 valence electrons. The van der Waals surface area contributed by atoms with Gasteiger partial charge in [0.15, 0.2) is 5.60 Å². The van der Waals surface area contributed by atoms with Gasteiger partial charge in [-0.15, -0.1) is 0 Å². The third kappa shape index (κ3) is 5.92. The zero-order valence-electron chi connectivity index (χ0n) is 19.5. The minimum atomic E-state index is -3.62. The van der Waals surface area contributed by atoms with Crippen molar-refractivity contribution in [1.29, 1.82) is 0 Å². The molecule has 0 bridgehead atoms. The Morgan fingerprint density at radius 2 is 1.64 bits per heavy atom. The van der Waals surface area contributed by atoms with Crippen molar-refractivity contribution in [3.8, 4) is 5.75 Å². The van der Waals surface area contributed by atoms with Crippen LogP contribution in [0.25, 0.3) is 10.8 Å². The van der Waals surface area contributed by atoms with Crippen LogP contribution < -0.4 is 4.74 Å². The zero-order valence-corrected chi connectivity index (χ0v) is 20.3. The molecule has 3 aromatic rings. The highest BCUT2D eigenvalue weighted by molar-refractivity contribution is 7.89. The van der Waals surface area contributed by atoms with E-state index < -0.39 is 21.6 Å². The Morgan fingerprint density at radius 3 is 2.24 bits per heavy atom. The van der Waals surface area contributed by atoms with Crippen LogP contribution in [0.15, 0.2) is 71.6 Å². The predicted octanol–water partition coefficient (Wildman–Crippen LogP) is 5.11. The first kappa shape index (κ1) is 24.7. The van der Waals surface area contributed by atoms with Gasteiger partial charge < -0.3 is 9.84 Å². The van der Waals surface area contributed by atoms with Crippen LogP contribution in [0.4, 0.5) is 0 Å². The first-order chi connectivity index (χ1) is 15.5. The SMILES string of the molecule is CC(C)N(CCCc1ccc(OC(C)(C)C(=O)O)cc1)S(=O)(=O)c1ccc2ccccc2c1. The van der Waals surface area contributed by atoms with Crippen LogP contribution in [0, 0.1) is 0 Å². The number of ether oxygens (including phenoxy) is 1. The molecule has 0 aliphatic carbocycles. The van der Waals surface area contributed by atoms with E-state index in [9.17, 15) is 18.3 Å². The summed E-state index contributed by atoms with van der Waals surface area (Å²) in [6.07, 6.45) is 1.35. The molecule has 0 saturated carbocycles. The number of hydrogen-bond donors (Lipinski definition) is 1. The Labute approximate surface area is 195 Å². The van der Waals surface area contributed by atoms with Gasteiger partial charge in [-0.1, -0.05) is 42.5 Å². The van der Waals surface area contributed by atoms with Crippen molar-refractivity contribution < 1.29 is 23.1 Å². The van der Waals surface area contributed by atoms with Crippen molar-refractivity contribution >= 4 is 26.8 Å². The molecule has 0 spiro atoms. The summed E-state index contributed by atoms with van der Waals surface area (Å²) in [6, 6.07) is 20.0. The highest BCUT2D eigenvalue weighted by Crippen LogP contribution is 2.24. The fraction of sp³-hybridized carbons (Fsp3) is 0.346. The highest BCUT2D eigenvalue weighted by Gasteiger charge is 2.29. The number of fused-ring (bicyclic) bond motifs is 1. The second kappa shape index (κ2) is 9.93. The van der Waals surface area contributed by atoms with Crippen molar-refractivity contribution in [2.24, 2.45) is 0 Å². The molecule has 0 aliphatic rings.